The number of allylic oxidation sites excluding steroid dienone is 22. The van der Waals surface area contributed by atoms with Gasteiger partial charge in [0.05, 0.1) is 18.8 Å². The lowest BCUT2D eigenvalue weighted by Gasteiger charge is -2.22. The molecule has 0 saturated heterocycles. The van der Waals surface area contributed by atoms with Gasteiger partial charge in [-0.2, -0.15) is 0 Å². The van der Waals surface area contributed by atoms with E-state index in [0.717, 1.165) is 109 Å². The molecule has 0 aromatic heterocycles. The molecule has 356 valence electrons. The summed E-state index contributed by atoms with van der Waals surface area (Å²) in [4.78, 5) is 12.4. The van der Waals surface area contributed by atoms with Crippen LogP contribution in [-0.4, -0.2) is 34.9 Å². The predicted octanol–water partition coefficient (Wildman–Crippen LogP) is 17.1. The second-order valence-corrected chi connectivity index (χ2v) is 16.9. The van der Waals surface area contributed by atoms with Gasteiger partial charge in [0, 0.05) is 6.42 Å². The van der Waals surface area contributed by atoms with E-state index in [2.05, 4.69) is 153 Å². The van der Waals surface area contributed by atoms with Crippen LogP contribution >= 0.6 is 0 Å². The normalized spacial score (nSPS) is 14.0. The molecule has 0 spiro atoms. The molecule has 0 aromatic carbocycles. The van der Waals surface area contributed by atoms with Crippen molar-refractivity contribution in [1.29, 1.82) is 0 Å². The number of unbranched alkanes of at least 4 members (excludes halogenated alkanes) is 16. The minimum atomic E-state index is -0.671. The Morgan fingerprint density at radius 1 is 0.397 bits per heavy atom. The Labute approximate surface area is 390 Å². The molecule has 0 rings (SSSR count). The predicted molar refractivity (Wildman–Crippen MR) is 280 cm³/mol. The maximum Gasteiger partial charge on any atom is 0.220 e. The minimum absolute atomic E-state index is 0.0505. The van der Waals surface area contributed by atoms with Crippen molar-refractivity contribution in [3.8, 4) is 0 Å². The summed E-state index contributed by atoms with van der Waals surface area (Å²) < 4.78 is 0. The summed E-state index contributed by atoms with van der Waals surface area (Å²) in [6.45, 7) is 4.21. The van der Waals surface area contributed by atoms with Gasteiger partial charge in [0.1, 0.15) is 0 Å². The van der Waals surface area contributed by atoms with E-state index in [9.17, 15) is 15.0 Å². The number of carbonyl (C=O) groups is 1. The molecule has 1 amide bonds. The summed E-state index contributed by atoms with van der Waals surface area (Å²) in [6, 6.07) is -0.549. The summed E-state index contributed by atoms with van der Waals surface area (Å²) in [5.41, 5.74) is 0. The van der Waals surface area contributed by atoms with Gasteiger partial charge in [0.2, 0.25) is 5.91 Å². The van der Waals surface area contributed by atoms with Crippen LogP contribution in [0.5, 0.6) is 0 Å². The van der Waals surface area contributed by atoms with Gasteiger partial charge in [-0.3, -0.25) is 4.79 Å². The Kier molecular flexibility index (Phi) is 50.0. The number of nitrogens with one attached hydrogen (secondary N) is 1. The zero-order chi connectivity index (χ0) is 45.6. The van der Waals surface area contributed by atoms with Crippen LogP contribution in [0.4, 0.5) is 0 Å². The molecule has 3 N–H and O–H groups in total. The van der Waals surface area contributed by atoms with Crippen LogP contribution in [0.25, 0.3) is 0 Å². The molecule has 63 heavy (non-hydrogen) atoms. The number of carbonyl (C=O) groups excluding carboxylic acids is 1. The standard InChI is InChI=1S/C59H97NO3/c1-3-5-7-9-11-13-15-16-17-18-19-20-21-22-23-24-25-26-27-28-29-30-31-32-33-34-35-36-37-38-39-40-41-42-43-44-45-47-49-51-53-55-59(63)60-57(56-61)58(62)54-52-50-48-46-14-12-10-8-6-4-2/h5,7,11,13,16-17,19-20,22-23,25-26,28-29,31-32,34-35,37-38,40-41,57-58,61-62H,3-4,6,8-10,12,14-15,18,21,24,27,30,33,36,39,42-56H2,1-2H3,(H,60,63)/b7-5-,13-11-,17-16-,20-19-,23-22-,26-25-,29-28-,32-31-,35-34-,38-37-,41-40-. The molecule has 4 nitrogen and oxygen atoms in total. The Hall–Kier alpha value is -3.47. The molecule has 2 atom stereocenters. The van der Waals surface area contributed by atoms with Crippen LogP contribution in [0.2, 0.25) is 0 Å². The van der Waals surface area contributed by atoms with Gasteiger partial charge in [-0.1, -0.05) is 244 Å². The van der Waals surface area contributed by atoms with Crippen molar-refractivity contribution >= 4 is 5.91 Å². The summed E-state index contributed by atoms with van der Waals surface area (Å²) in [5.74, 6) is -0.0505. The molecule has 0 aliphatic carbocycles. The molecule has 0 bridgehead atoms. The van der Waals surface area contributed by atoms with Gasteiger partial charge >= 0.3 is 0 Å². The number of amides is 1. The highest BCUT2D eigenvalue weighted by Gasteiger charge is 2.20. The van der Waals surface area contributed by atoms with E-state index in [0.29, 0.717) is 12.8 Å². The van der Waals surface area contributed by atoms with Crippen molar-refractivity contribution in [2.24, 2.45) is 0 Å². The first-order valence-corrected chi connectivity index (χ1v) is 25.9. The molecule has 0 radical (unpaired) electrons. The lowest BCUT2D eigenvalue weighted by Crippen LogP contribution is -2.45. The number of hydrogen-bond donors (Lipinski definition) is 3. The second-order valence-electron chi connectivity index (χ2n) is 16.9. The third-order valence-corrected chi connectivity index (χ3v) is 10.9. The number of hydrogen-bond acceptors (Lipinski definition) is 3. The van der Waals surface area contributed by atoms with Gasteiger partial charge in [-0.25, -0.2) is 0 Å². The average molecular weight is 868 g/mol. The third kappa shape index (κ3) is 49.4. The van der Waals surface area contributed by atoms with E-state index in [1.165, 1.54) is 77.0 Å². The molecule has 4 heteroatoms. The van der Waals surface area contributed by atoms with Crippen molar-refractivity contribution < 1.29 is 15.0 Å². The van der Waals surface area contributed by atoms with Gasteiger partial charge < -0.3 is 15.5 Å². The van der Waals surface area contributed by atoms with Crippen LogP contribution in [0, 0.1) is 0 Å². The fraction of sp³-hybridized carbons (Fsp3) is 0.610. The Morgan fingerprint density at radius 3 is 1.05 bits per heavy atom. The van der Waals surface area contributed by atoms with E-state index in [-0.39, 0.29) is 12.5 Å². The zero-order valence-corrected chi connectivity index (χ0v) is 40.8. The lowest BCUT2D eigenvalue weighted by atomic mass is 10.0. The summed E-state index contributed by atoms with van der Waals surface area (Å²) in [5, 5.41) is 23.1. The van der Waals surface area contributed by atoms with E-state index < -0.39 is 12.1 Å². The van der Waals surface area contributed by atoms with Crippen LogP contribution in [0.15, 0.2) is 134 Å². The van der Waals surface area contributed by atoms with Gasteiger partial charge in [0.15, 0.2) is 0 Å². The highest BCUT2D eigenvalue weighted by molar-refractivity contribution is 5.76. The van der Waals surface area contributed by atoms with E-state index >= 15 is 0 Å². The quantitative estimate of drug-likeness (QED) is 0.0422. The highest BCUT2D eigenvalue weighted by Crippen LogP contribution is 2.14. The van der Waals surface area contributed by atoms with Crippen LogP contribution < -0.4 is 5.32 Å². The summed E-state index contributed by atoms with van der Waals surface area (Å²) in [6.07, 6.45) is 82.7. The smallest absolute Gasteiger partial charge is 0.220 e. The first-order chi connectivity index (χ1) is 31.2. The number of aliphatic hydroxyl groups excluding tert-OH is 2. The topological polar surface area (TPSA) is 69.6 Å². The minimum Gasteiger partial charge on any atom is -0.394 e. The van der Waals surface area contributed by atoms with Crippen LogP contribution in [0.3, 0.4) is 0 Å². The average Bonchev–Trinajstić information content (AvgIpc) is 3.29. The molecule has 0 aromatic rings. The van der Waals surface area contributed by atoms with E-state index in [1.54, 1.807) is 0 Å². The first kappa shape index (κ1) is 59.5. The maximum absolute atomic E-state index is 12.4. The second kappa shape index (κ2) is 52.9. The van der Waals surface area contributed by atoms with Gasteiger partial charge in [-0.05, 0) is 96.3 Å². The number of rotatable bonds is 45. The van der Waals surface area contributed by atoms with Gasteiger partial charge in [-0.15, -0.1) is 0 Å². The lowest BCUT2D eigenvalue weighted by molar-refractivity contribution is -0.123. The Balaban J connectivity index is 3.64. The third-order valence-electron chi connectivity index (χ3n) is 10.9. The zero-order valence-electron chi connectivity index (χ0n) is 40.8. The van der Waals surface area contributed by atoms with Crippen molar-refractivity contribution in [2.75, 3.05) is 6.61 Å². The summed E-state index contributed by atoms with van der Waals surface area (Å²) >= 11 is 0. The highest BCUT2D eigenvalue weighted by atomic mass is 16.3. The number of aliphatic hydroxyl groups is 2. The Bertz CT molecular complexity index is 1310. The molecule has 0 aliphatic rings. The Morgan fingerprint density at radius 2 is 0.698 bits per heavy atom. The first-order valence-electron chi connectivity index (χ1n) is 25.9. The fourth-order valence-corrected chi connectivity index (χ4v) is 7.01. The van der Waals surface area contributed by atoms with Crippen LogP contribution in [-0.2, 0) is 4.79 Å². The fourth-order valence-electron chi connectivity index (χ4n) is 7.01. The summed E-state index contributed by atoms with van der Waals surface area (Å²) in [7, 11) is 0. The molecule has 0 saturated carbocycles. The maximum atomic E-state index is 12.4. The molecule has 0 heterocycles. The van der Waals surface area contributed by atoms with Crippen molar-refractivity contribution in [2.45, 2.75) is 225 Å². The van der Waals surface area contributed by atoms with Gasteiger partial charge in [0.25, 0.3) is 0 Å². The molecule has 0 aliphatic heterocycles. The van der Waals surface area contributed by atoms with Crippen molar-refractivity contribution in [1.82, 2.24) is 5.32 Å². The van der Waals surface area contributed by atoms with E-state index in [1.807, 2.05) is 0 Å². The molecule has 0 fully saturated rings. The van der Waals surface area contributed by atoms with E-state index in [4.69, 9.17) is 0 Å². The monoisotopic (exact) mass is 868 g/mol. The largest absolute Gasteiger partial charge is 0.394 e. The van der Waals surface area contributed by atoms with Crippen molar-refractivity contribution in [3.63, 3.8) is 0 Å². The molecular weight excluding hydrogens is 771 g/mol. The SMILES string of the molecule is CC/C=C\C/C=C\C/C=C\C/C=C\C/C=C\C/C=C\C/C=C\C/C=C\C/C=C\C/C=C\C/C=C\CCCCCCCCCC(=O)NC(CO)C(O)CCCCCCCCCCCC. The van der Waals surface area contributed by atoms with Crippen molar-refractivity contribution in [3.05, 3.63) is 134 Å². The molecular formula is C59H97NO3. The molecule has 2 unspecified atom stereocenters. The van der Waals surface area contributed by atoms with Crippen LogP contribution in [0.1, 0.15) is 213 Å².